The molecule has 0 amide bonds. The van der Waals surface area contributed by atoms with Gasteiger partial charge in [-0.15, -0.1) is 0 Å². The molecule has 1 aromatic heterocycles. The quantitative estimate of drug-likeness (QED) is 0.748. The van der Waals surface area contributed by atoms with E-state index in [0.29, 0.717) is 11.3 Å². The summed E-state index contributed by atoms with van der Waals surface area (Å²) < 4.78 is 15.0. The van der Waals surface area contributed by atoms with Crippen LogP contribution in [0.4, 0.5) is 10.1 Å². The Morgan fingerprint density at radius 3 is 2.56 bits per heavy atom. The minimum absolute atomic E-state index is 0.285. The van der Waals surface area contributed by atoms with E-state index in [1.807, 2.05) is 20.9 Å². The Balaban J connectivity index is 2.71. The fourth-order valence-corrected chi connectivity index (χ4v) is 1.91. The molecule has 0 saturated carbocycles. The Morgan fingerprint density at radius 1 is 1.31 bits per heavy atom. The Bertz CT molecular complexity index is 543. The highest BCUT2D eigenvalue weighted by atomic mass is 19.1. The molecule has 84 valence electrons. The summed E-state index contributed by atoms with van der Waals surface area (Å²) >= 11 is 0. The molecular formula is C12H14FN3. The van der Waals surface area contributed by atoms with Gasteiger partial charge in [0.05, 0.1) is 5.69 Å². The van der Waals surface area contributed by atoms with Crippen LogP contribution in [0.2, 0.25) is 0 Å². The molecule has 1 heterocycles. The zero-order valence-corrected chi connectivity index (χ0v) is 9.58. The lowest BCUT2D eigenvalue weighted by Gasteiger charge is -2.06. The van der Waals surface area contributed by atoms with Crippen molar-refractivity contribution in [1.29, 1.82) is 0 Å². The predicted molar refractivity (Wildman–Crippen MR) is 62.5 cm³/mol. The van der Waals surface area contributed by atoms with Crippen molar-refractivity contribution < 1.29 is 4.39 Å². The van der Waals surface area contributed by atoms with Gasteiger partial charge in [0.2, 0.25) is 0 Å². The van der Waals surface area contributed by atoms with Crippen LogP contribution < -0.4 is 5.73 Å². The van der Waals surface area contributed by atoms with Crippen LogP contribution in [0.1, 0.15) is 11.4 Å². The number of hydrogen-bond donors (Lipinski definition) is 1. The minimum Gasteiger partial charge on any atom is -0.398 e. The molecule has 0 aliphatic heterocycles. The number of aromatic nitrogens is 2. The largest absolute Gasteiger partial charge is 0.398 e. The summed E-state index contributed by atoms with van der Waals surface area (Å²) in [7, 11) is 1.86. The van der Waals surface area contributed by atoms with E-state index in [0.717, 1.165) is 17.0 Å². The van der Waals surface area contributed by atoms with E-state index in [1.54, 1.807) is 10.7 Å². The molecule has 0 aliphatic carbocycles. The number of benzene rings is 1. The van der Waals surface area contributed by atoms with E-state index in [1.165, 1.54) is 12.1 Å². The van der Waals surface area contributed by atoms with Crippen molar-refractivity contribution in [3.05, 3.63) is 35.4 Å². The predicted octanol–water partition coefficient (Wildman–Crippen LogP) is 2.43. The van der Waals surface area contributed by atoms with Gasteiger partial charge < -0.3 is 5.73 Å². The molecule has 0 atom stereocenters. The zero-order chi connectivity index (χ0) is 11.9. The van der Waals surface area contributed by atoms with Gasteiger partial charge in [-0.05, 0) is 32.0 Å². The van der Waals surface area contributed by atoms with E-state index < -0.39 is 0 Å². The topological polar surface area (TPSA) is 43.8 Å². The highest BCUT2D eigenvalue weighted by molar-refractivity contribution is 5.79. The second kappa shape index (κ2) is 3.63. The summed E-state index contributed by atoms with van der Waals surface area (Å²) in [6.07, 6.45) is 0. The Morgan fingerprint density at radius 2 is 2.00 bits per heavy atom. The third-order valence-electron chi connectivity index (χ3n) is 2.79. The minimum atomic E-state index is -0.285. The van der Waals surface area contributed by atoms with Crippen molar-refractivity contribution in [3.63, 3.8) is 0 Å². The van der Waals surface area contributed by atoms with Crippen LogP contribution >= 0.6 is 0 Å². The SMILES string of the molecule is Cc1nn(C)c(C)c1-c1cc(F)ccc1N. The van der Waals surface area contributed by atoms with E-state index in [2.05, 4.69) is 5.10 Å². The number of halogens is 1. The molecule has 4 heteroatoms. The van der Waals surface area contributed by atoms with Crippen molar-refractivity contribution >= 4 is 5.69 Å². The molecule has 0 radical (unpaired) electrons. The number of nitrogens with two attached hydrogens (primary N) is 1. The van der Waals surface area contributed by atoms with Crippen LogP contribution in [-0.4, -0.2) is 9.78 Å². The highest BCUT2D eigenvalue weighted by Crippen LogP contribution is 2.31. The average Bonchev–Trinajstić information content (AvgIpc) is 2.46. The van der Waals surface area contributed by atoms with Gasteiger partial charge in [0.25, 0.3) is 0 Å². The Labute approximate surface area is 93.7 Å². The van der Waals surface area contributed by atoms with Gasteiger partial charge in [0.1, 0.15) is 5.82 Å². The monoisotopic (exact) mass is 219 g/mol. The van der Waals surface area contributed by atoms with Gasteiger partial charge in [-0.1, -0.05) is 0 Å². The lowest BCUT2D eigenvalue weighted by Crippen LogP contribution is -1.95. The second-order valence-electron chi connectivity index (χ2n) is 3.90. The van der Waals surface area contributed by atoms with Crippen LogP contribution in [0, 0.1) is 19.7 Å². The van der Waals surface area contributed by atoms with E-state index in [9.17, 15) is 4.39 Å². The number of rotatable bonds is 1. The van der Waals surface area contributed by atoms with Crippen molar-refractivity contribution in [1.82, 2.24) is 9.78 Å². The summed E-state index contributed by atoms with van der Waals surface area (Å²) in [5, 5.41) is 4.30. The number of nitrogens with zero attached hydrogens (tertiary/aromatic N) is 2. The molecule has 16 heavy (non-hydrogen) atoms. The van der Waals surface area contributed by atoms with Crippen LogP contribution in [0.3, 0.4) is 0 Å². The average molecular weight is 219 g/mol. The second-order valence-corrected chi connectivity index (χ2v) is 3.90. The Hall–Kier alpha value is -1.84. The van der Waals surface area contributed by atoms with Crippen LogP contribution in [0.15, 0.2) is 18.2 Å². The molecule has 0 fully saturated rings. The van der Waals surface area contributed by atoms with E-state index >= 15 is 0 Å². The summed E-state index contributed by atoms with van der Waals surface area (Å²) in [5.74, 6) is -0.285. The molecular weight excluding hydrogens is 205 g/mol. The fourth-order valence-electron chi connectivity index (χ4n) is 1.91. The van der Waals surface area contributed by atoms with Gasteiger partial charge in [-0.2, -0.15) is 5.10 Å². The molecule has 2 N–H and O–H groups in total. The van der Waals surface area contributed by atoms with E-state index in [-0.39, 0.29) is 5.82 Å². The first-order chi connectivity index (χ1) is 7.50. The first-order valence-electron chi connectivity index (χ1n) is 5.06. The standard InChI is InChI=1S/C12H14FN3/c1-7-12(8(2)16(3)15-7)10-6-9(13)4-5-11(10)14/h4-6H,14H2,1-3H3. The third kappa shape index (κ3) is 1.56. The normalized spacial score (nSPS) is 10.8. The number of nitrogen functional groups attached to an aromatic ring is 1. The van der Waals surface area contributed by atoms with Gasteiger partial charge >= 0.3 is 0 Å². The summed E-state index contributed by atoms with van der Waals surface area (Å²) in [6.45, 7) is 3.84. The first kappa shape index (κ1) is 10.7. The molecule has 0 saturated heterocycles. The van der Waals surface area contributed by atoms with Gasteiger partial charge in [-0.25, -0.2) is 4.39 Å². The number of anilines is 1. The molecule has 1 aromatic carbocycles. The Kier molecular flexibility index (Phi) is 2.42. The van der Waals surface area contributed by atoms with Crippen molar-refractivity contribution in [2.24, 2.45) is 7.05 Å². The fraction of sp³-hybridized carbons (Fsp3) is 0.250. The molecule has 3 nitrogen and oxygen atoms in total. The molecule has 2 rings (SSSR count). The maximum absolute atomic E-state index is 13.2. The molecule has 0 unspecified atom stereocenters. The molecule has 0 bridgehead atoms. The smallest absolute Gasteiger partial charge is 0.123 e. The molecule has 0 aliphatic rings. The lowest BCUT2D eigenvalue weighted by atomic mass is 10.0. The zero-order valence-electron chi connectivity index (χ0n) is 9.58. The van der Waals surface area contributed by atoms with Gasteiger partial charge in [0, 0.05) is 29.6 Å². The summed E-state index contributed by atoms with van der Waals surface area (Å²) in [5.41, 5.74) is 9.90. The number of aryl methyl sites for hydroxylation is 2. The summed E-state index contributed by atoms with van der Waals surface area (Å²) in [4.78, 5) is 0. The van der Waals surface area contributed by atoms with Crippen molar-refractivity contribution in [2.75, 3.05) is 5.73 Å². The number of hydrogen-bond acceptors (Lipinski definition) is 2. The van der Waals surface area contributed by atoms with E-state index in [4.69, 9.17) is 5.73 Å². The lowest BCUT2D eigenvalue weighted by molar-refractivity contribution is 0.628. The highest BCUT2D eigenvalue weighted by Gasteiger charge is 2.14. The van der Waals surface area contributed by atoms with Crippen molar-refractivity contribution in [3.8, 4) is 11.1 Å². The van der Waals surface area contributed by atoms with Crippen LogP contribution in [-0.2, 0) is 7.05 Å². The van der Waals surface area contributed by atoms with Crippen LogP contribution in [0.25, 0.3) is 11.1 Å². The maximum atomic E-state index is 13.2. The molecule has 0 spiro atoms. The van der Waals surface area contributed by atoms with Crippen LogP contribution in [0.5, 0.6) is 0 Å². The molecule has 2 aromatic rings. The first-order valence-corrected chi connectivity index (χ1v) is 5.06. The maximum Gasteiger partial charge on any atom is 0.123 e. The van der Waals surface area contributed by atoms with Gasteiger partial charge in [0.15, 0.2) is 0 Å². The van der Waals surface area contributed by atoms with Gasteiger partial charge in [-0.3, -0.25) is 4.68 Å². The van der Waals surface area contributed by atoms with Crippen molar-refractivity contribution in [2.45, 2.75) is 13.8 Å². The third-order valence-corrected chi connectivity index (χ3v) is 2.79. The summed E-state index contributed by atoms with van der Waals surface area (Å²) in [6, 6.07) is 4.39.